The first kappa shape index (κ1) is 15.5. The van der Waals surface area contributed by atoms with E-state index in [0.29, 0.717) is 19.1 Å². The quantitative estimate of drug-likeness (QED) is 0.758. The first-order valence-electron chi connectivity index (χ1n) is 6.71. The van der Waals surface area contributed by atoms with Crippen molar-refractivity contribution in [2.45, 2.75) is 26.9 Å². The third kappa shape index (κ3) is 6.25. The zero-order chi connectivity index (χ0) is 14.1. The van der Waals surface area contributed by atoms with Gasteiger partial charge < -0.3 is 15.4 Å². The summed E-state index contributed by atoms with van der Waals surface area (Å²) in [5.41, 5.74) is 2.00. The maximum atomic E-state index is 11.7. The molecule has 2 N–H and O–H groups in total. The fourth-order valence-corrected chi connectivity index (χ4v) is 1.71. The molecule has 0 bridgehead atoms. The third-order valence-corrected chi connectivity index (χ3v) is 2.80. The Morgan fingerprint density at radius 3 is 2.74 bits per heavy atom. The highest BCUT2D eigenvalue weighted by molar-refractivity contribution is 5.80. The second-order valence-electron chi connectivity index (χ2n) is 4.98. The lowest BCUT2D eigenvalue weighted by molar-refractivity contribution is -0.119. The van der Waals surface area contributed by atoms with Gasteiger partial charge in [-0.1, -0.05) is 32.0 Å². The lowest BCUT2D eigenvalue weighted by Crippen LogP contribution is -2.31. The van der Waals surface area contributed by atoms with Gasteiger partial charge in [0.25, 0.3) is 0 Å². The Bertz CT molecular complexity index is 391. The van der Waals surface area contributed by atoms with Gasteiger partial charge in [0.1, 0.15) is 0 Å². The molecule has 0 saturated carbocycles. The number of methoxy groups -OCH3 is 1. The number of amides is 1. The highest BCUT2D eigenvalue weighted by Gasteiger charge is 2.04. The Hall–Kier alpha value is -1.55. The van der Waals surface area contributed by atoms with Crippen LogP contribution in [-0.2, 0) is 16.1 Å². The zero-order valence-corrected chi connectivity index (χ0v) is 12.0. The number of para-hydroxylation sites is 1. The van der Waals surface area contributed by atoms with Gasteiger partial charge in [0.05, 0.1) is 13.2 Å². The Morgan fingerprint density at radius 1 is 1.32 bits per heavy atom. The molecule has 0 radical (unpaired) electrons. The Labute approximate surface area is 115 Å². The van der Waals surface area contributed by atoms with Crippen molar-refractivity contribution in [2.24, 2.45) is 5.92 Å². The molecule has 1 aromatic rings. The number of ether oxygens (including phenoxy) is 1. The van der Waals surface area contributed by atoms with Crippen molar-refractivity contribution < 1.29 is 9.53 Å². The van der Waals surface area contributed by atoms with Crippen LogP contribution in [0.15, 0.2) is 24.3 Å². The number of anilines is 1. The van der Waals surface area contributed by atoms with E-state index in [-0.39, 0.29) is 5.91 Å². The second kappa shape index (κ2) is 8.53. The Balaban J connectivity index is 2.37. The minimum atomic E-state index is 0.0212. The van der Waals surface area contributed by atoms with Gasteiger partial charge in [-0.05, 0) is 18.4 Å². The minimum absolute atomic E-state index is 0.0212. The van der Waals surface area contributed by atoms with E-state index in [1.807, 2.05) is 24.3 Å². The molecule has 0 heterocycles. The average Bonchev–Trinajstić information content (AvgIpc) is 2.37. The molecule has 0 atom stereocenters. The van der Waals surface area contributed by atoms with Crippen LogP contribution >= 0.6 is 0 Å². The molecule has 19 heavy (non-hydrogen) atoms. The van der Waals surface area contributed by atoms with Crippen molar-refractivity contribution in [2.75, 3.05) is 25.5 Å². The minimum Gasteiger partial charge on any atom is -0.380 e. The summed E-state index contributed by atoms with van der Waals surface area (Å²) in [5, 5.41) is 6.05. The SMILES string of the molecule is COCc1ccccc1NCC(=O)NCCC(C)C. The largest absolute Gasteiger partial charge is 0.380 e. The van der Waals surface area contributed by atoms with Crippen molar-refractivity contribution in [3.05, 3.63) is 29.8 Å². The van der Waals surface area contributed by atoms with Gasteiger partial charge in [0, 0.05) is 24.9 Å². The van der Waals surface area contributed by atoms with Gasteiger partial charge in [-0.25, -0.2) is 0 Å². The number of benzene rings is 1. The zero-order valence-electron chi connectivity index (χ0n) is 12.0. The smallest absolute Gasteiger partial charge is 0.239 e. The first-order chi connectivity index (χ1) is 9.13. The molecular formula is C15H24N2O2. The molecule has 106 valence electrons. The van der Waals surface area contributed by atoms with E-state index in [4.69, 9.17) is 4.74 Å². The first-order valence-corrected chi connectivity index (χ1v) is 6.71. The van der Waals surface area contributed by atoms with E-state index in [1.54, 1.807) is 7.11 Å². The summed E-state index contributed by atoms with van der Waals surface area (Å²) < 4.78 is 5.13. The highest BCUT2D eigenvalue weighted by Crippen LogP contribution is 2.15. The predicted octanol–water partition coefficient (Wildman–Crippen LogP) is 2.41. The summed E-state index contributed by atoms with van der Waals surface area (Å²) in [7, 11) is 1.66. The number of hydrogen-bond acceptors (Lipinski definition) is 3. The third-order valence-electron chi connectivity index (χ3n) is 2.80. The van der Waals surface area contributed by atoms with E-state index in [1.165, 1.54) is 0 Å². The van der Waals surface area contributed by atoms with Crippen LogP contribution in [0.3, 0.4) is 0 Å². The molecule has 0 saturated heterocycles. The topological polar surface area (TPSA) is 50.4 Å². The van der Waals surface area contributed by atoms with Crippen LogP contribution in [0.5, 0.6) is 0 Å². The van der Waals surface area contributed by atoms with E-state index >= 15 is 0 Å². The number of nitrogens with one attached hydrogen (secondary N) is 2. The summed E-state index contributed by atoms with van der Waals surface area (Å²) in [6.45, 7) is 5.85. The molecule has 0 aliphatic rings. The van der Waals surface area contributed by atoms with Crippen molar-refractivity contribution in [3.63, 3.8) is 0 Å². The monoisotopic (exact) mass is 264 g/mol. The normalized spacial score (nSPS) is 10.5. The fourth-order valence-electron chi connectivity index (χ4n) is 1.71. The van der Waals surface area contributed by atoms with E-state index < -0.39 is 0 Å². The van der Waals surface area contributed by atoms with Gasteiger partial charge >= 0.3 is 0 Å². The highest BCUT2D eigenvalue weighted by atomic mass is 16.5. The summed E-state index contributed by atoms with van der Waals surface area (Å²) in [5.74, 6) is 0.628. The van der Waals surface area contributed by atoms with E-state index in [9.17, 15) is 4.79 Å². The van der Waals surface area contributed by atoms with Crippen LogP contribution in [0.4, 0.5) is 5.69 Å². The molecule has 1 aromatic carbocycles. The van der Waals surface area contributed by atoms with E-state index in [2.05, 4.69) is 24.5 Å². The molecule has 1 rings (SSSR count). The van der Waals surface area contributed by atoms with Gasteiger partial charge in [-0.3, -0.25) is 4.79 Å². The number of rotatable bonds is 8. The molecule has 0 unspecified atom stereocenters. The fraction of sp³-hybridized carbons (Fsp3) is 0.533. The Kier molecular flexibility index (Phi) is 6.97. The van der Waals surface area contributed by atoms with Crippen LogP contribution < -0.4 is 10.6 Å². The summed E-state index contributed by atoms with van der Waals surface area (Å²) in [6, 6.07) is 7.85. The number of hydrogen-bond donors (Lipinski definition) is 2. The molecular weight excluding hydrogens is 240 g/mol. The van der Waals surface area contributed by atoms with E-state index in [0.717, 1.165) is 24.2 Å². The van der Waals surface area contributed by atoms with Crippen LogP contribution in [0.2, 0.25) is 0 Å². The molecule has 1 amide bonds. The van der Waals surface area contributed by atoms with Gasteiger partial charge in [-0.2, -0.15) is 0 Å². The molecule has 0 aliphatic heterocycles. The summed E-state index contributed by atoms with van der Waals surface area (Å²) in [4.78, 5) is 11.7. The van der Waals surface area contributed by atoms with Crippen LogP contribution in [0, 0.1) is 5.92 Å². The standard InChI is InChI=1S/C15H24N2O2/c1-12(2)8-9-16-15(18)10-17-14-7-5-4-6-13(14)11-19-3/h4-7,12,17H,8-11H2,1-3H3,(H,16,18). The van der Waals surface area contributed by atoms with Gasteiger partial charge in [0.2, 0.25) is 5.91 Å². The number of carbonyl (C=O) groups is 1. The van der Waals surface area contributed by atoms with Crippen molar-refractivity contribution >= 4 is 11.6 Å². The van der Waals surface area contributed by atoms with Crippen molar-refractivity contribution in [3.8, 4) is 0 Å². The van der Waals surface area contributed by atoms with Gasteiger partial charge in [0.15, 0.2) is 0 Å². The maximum Gasteiger partial charge on any atom is 0.239 e. The number of carbonyl (C=O) groups excluding carboxylic acids is 1. The van der Waals surface area contributed by atoms with Crippen molar-refractivity contribution in [1.29, 1.82) is 0 Å². The average molecular weight is 264 g/mol. The molecule has 0 aromatic heterocycles. The molecule has 4 nitrogen and oxygen atoms in total. The maximum absolute atomic E-state index is 11.7. The molecule has 0 fully saturated rings. The molecule has 0 spiro atoms. The van der Waals surface area contributed by atoms with Crippen LogP contribution in [0.1, 0.15) is 25.8 Å². The van der Waals surface area contributed by atoms with Crippen molar-refractivity contribution in [1.82, 2.24) is 5.32 Å². The predicted molar refractivity (Wildman–Crippen MR) is 78.1 cm³/mol. The molecule has 0 aliphatic carbocycles. The molecule has 4 heteroatoms. The van der Waals surface area contributed by atoms with Crippen LogP contribution in [0.25, 0.3) is 0 Å². The lowest BCUT2D eigenvalue weighted by atomic mass is 10.1. The van der Waals surface area contributed by atoms with Crippen LogP contribution in [-0.4, -0.2) is 26.1 Å². The lowest BCUT2D eigenvalue weighted by Gasteiger charge is -2.12. The second-order valence-corrected chi connectivity index (χ2v) is 4.98. The Morgan fingerprint density at radius 2 is 2.05 bits per heavy atom. The summed E-state index contributed by atoms with van der Waals surface area (Å²) in [6.07, 6.45) is 1.01. The van der Waals surface area contributed by atoms with Gasteiger partial charge in [-0.15, -0.1) is 0 Å². The summed E-state index contributed by atoms with van der Waals surface area (Å²) >= 11 is 0.